The van der Waals surface area contributed by atoms with E-state index in [0.29, 0.717) is 12.2 Å². The van der Waals surface area contributed by atoms with E-state index >= 15 is 0 Å². The van der Waals surface area contributed by atoms with Crippen LogP contribution >= 0.6 is 0 Å². The van der Waals surface area contributed by atoms with Gasteiger partial charge in [0.05, 0.1) is 6.04 Å². The fourth-order valence-corrected chi connectivity index (χ4v) is 2.22. The molecule has 106 valence electrons. The number of aromatic nitrogens is 2. The van der Waals surface area contributed by atoms with E-state index in [2.05, 4.69) is 52.0 Å². The molecule has 0 saturated carbocycles. The minimum atomic E-state index is -0.236. The molecule has 1 aromatic heterocycles. The Morgan fingerprint density at radius 2 is 2.00 bits per heavy atom. The van der Waals surface area contributed by atoms with Gasteiger partial charge in [-0.2, -0.15) is 4.98 Å². The van der Waals surface area contributed by atoms with Crippen LogP contribution in [0.1, 0.15) is 41.9 Å². The average molecular weight is 273 g/mol. The zero-order chi connectivity index (χ0) is 14.5. The molecular formula is C15H19N3O2. The number of nitrogens with zero attached hydrogens (tertiary/aromatic N) is 2. The minimum Gasteiger partial charge on any atom is -0.346 e. The number of hydrogen-bond donors (Lipinski definition) is 1. The van der Waals surface area contributed by atoms with Crippen molar-refractivity contribution in [2.75, 3.05) is 0 Å². The molecule has 2 aromatic rings. The lowest BCUT2D eigenvalue weighted by molar-refractivity contribution is -0.121. The summed E-state index contributed by atoms with van der Waals surface area (Å²) in [6.07, 6.45) is 2.44. The lowest BCUT2D eigenvalue weighted by Gasteiger charge is -2.10. The van der Waals surface area contributed by atoms with E-state index < -0.39 is 0 Å². The predicted molar refractivity (Wildman–Crippen MR) is 75.1 cm³/mol. The maximum absolute atomic E-state index is 11.9. The maximum atomic E-state index is 11.9. The number of benzene rings is 1. The highest BCUT2D eigenvalue weighted by atomic mass is 16.5. The number of amides is 1. The Hall–Kier alpha value is -2.17. The molecule has 0 aliphatic rings. The summed E-state index contributed by atoms with van der Waals surface area (Å²) in [5.74, 6) is 0.478. The number of rotatable bonds is 5. The van der Waals surface area contributed by atoms with Crippen molar-refractivity contribution in [1.82, 2.24) is 15.5 Å². The van der Waals surface area contributed by atoms with E-state index in [1.165, 1.54) is 23.1 Å². The molecule has 0 radical (unpaired) electrons. The first-order valence-electron chi connectivity index (χ1n) is 6.67. The van der Waals surface area contributed by atoms with Crippen molar-refractivity contribution in [3.05, 3.63) is 47.1 Å². The van der Waals surface area contributed by atoms with Crippen molar-refractivity contribution in [3.8, 4) is 0 Å². The van der Waals surface area contributed by atoms with Crippen LogP contribution in [-0.4, -0.2) is 16.0 Å². The fraction of sp³-hybridized carbons (Fsp3) is 0.400. The van der Waals surface area contributed by atoms with Crippen LogP contribution in [0.2, 0.25) is 0 Å². The van der Waals surface area contributed by atoms with Crippen LogP contribution in [0.5, 0.6) is 0 Å². The van der Waals surface area contributed by atoms with Gasteiger partial charge in [-0.05, 0) is 32.8 Å². The third-order valence-corrected chi connectivity index (χ3v) is 3.07. The quantitative estimate of drug-likeness (QED) is 0.908. The number of hydrogen-bond acceptors (Lipinski definition) is 4. The third kappa shape index (κ3) is 3.91. The van der Waals surface area contributed by atoms with E-state index in [4.69, 9.17) is 0 Å². The summed E-state index contributed by atoms with van der Waals surface area (Å²) in [6, 6.07) is 6.12. The summed E-state index contributed by atoms with van der Waals surface area (Å²) in [4.78, 5) is 15.8. The predicted octanol–water partition coefficient (Wildman–Crippen LogP) is 2.50. The Balaban J connectivity index is 1.86. The van der Waals surface area contributed by atoms with Crippen molar-refractivity contribution in [3.63, 3.8) is 0 Å². The monoisotopic (exact) mass is 273 g/mol. The van der Waals surface area contributed by atoms with Gasteiger partial charge in [0.25, 0.3) is 0 Å². The first kappa shape index (κ1) is 14.2. The Morgan fingerprint density at radius 1 is 1.30 bits per heavy atom. The van der Waals surface area contributed by atoms with E-state index in [9.17, 15) is 4.79 Å². The smallest absolute Gasteiger partial charge is 0.220 e. The first-order chi connectivity index (χ1) is 9.54. The second-order valence-electron chi connectivity index (χ2n) is 5.07. The molecule has 0 bridgehead atoms. The van der Waals surface area contributed by atoms with Crippen molar-refractivity contribution in [2.24, 2.45) is 0 Å². The maximum Gasteiger partial charge on any atom is 0.220 e. The molecule has 5 heteroatoms. The summed E-state index contributed by atoms with van der Waals surface area (Å²) >= 11 is 0. The minimum absolute atomic E-state index is 0.0125. The molecule has 1 atom stereocenters. The second kappa shape index (κ2) is 6.32. The van der Waals surface area contributed by atoms with Crippen LogP contribution in [0.3, 0.4) is 0 Å². The normalized spacial score (nSPS) is 12.2. The molecule has 0 aliphatic heterocycles. The molecule has 0 saturated heterocycles. The molecule has 2 rings (SSSR count). The van der Waals surface area contributed by atoms with Crippen LogP contribution in [-0.2, 0) is 11.2 Å². The molecule has 5 nitrogen and oxygen atoms in total. The van der Waals surface area contributed by atoms with Crippen LogP contribution in [0.25, 0.3) is 0 Å². The topological polar surface area (TPSA) is 68.0 Å². The van der Waals surface area contributed by atoms with E-state index in [1.54, 1.807) is 0 Å². The van der Waals surface area contributed by atoms with Crippen LogP contribution in [0.4, 0.5) is 0 Å². The summed E-state index contributed by atoms with van der Waals surface area (Å²) in [5.41, 5.74) is 3.63. The van der Waals surface area contributed by atoms with Crippen LogP contribution in [0, 0.1) is 13.8 Å². The molecule has 1 N–H and O–H groups in total. The van der Waals surface area contributed by atoms with Gasteiger partial charge in [-0.3, -0.25) is 4.79 Å². The van der Waals surface area contributed by atoms with Gasteiger partial charge in [0.15, 0.2) is 5.82 Å². The fourth-order valence-electron chi connectivity index (χ4n) is 2.22. The molecule has 0 aliphatic carbocycles. The van der Waals surface area contributed by atoms with Crippen molar-refractivity contribution in [1.29, 1.82) is 0 Å². The Bertz CT molecular complexity index is 559. The number of aryl methyl sites for hydroxylation is 3. The molecule has 1 heterocycles. The molecule has 0 spiro atoms. The third-order valence-electron chi connectivity index (χ3n) is 3.07. The highest BCUT2D eigenvalue weighted by Crippen LogP contribution is 2.11. The van der Waals surface area contributed by atoms with Gasteiger partial charge in [0, 0.05) is 6.42 Å². The van der Waals surface area contributed by atoms with Gasteiger partial charge in [0.1, 0.15) is 0 Å². The molecular weight excluding hydrogens is 254 g/mol. The first-order valence-corrected chi connectivity index (χ1v) is 6.67. The van der Waals surface area contributed by atoms with Crippen molar-refractivity contribution >= 4 is 5.91 Å². The molecule has 1 amide bonds. The van der Waals surface area contributed by atoms with Crippen molar-refractivity contribution < 1.29 is 9.32 Å². The Morgan fingerprint density at radius 3 is 2.60 bits per heavy atom. The zero-order valence-corrected chi connectivity index (χ0v) is 12.0. The van der Waals surface area contributed by atoms with Crippen LogP contribution in [0.15, 0.2) is 29.1 Å². The number of carbonyl (C=O) groups is 1. The van der Waals surface area contributed by atoms with Gasteiger partial charge in [-0.15, -0.1) is 0 Å². The number of nitrogens with one attached hydrogen (secondary N) is 1. The average Bonchev–Trinajstić information content (AvgIpc) is 2.89. The summed E-state index contributed by atoms with van der Waals surface area (Å²) < 4.78 is 4.66. The molecule has 20 heavy (non-hydrogen) atoms. The number of carbonyl (C=O) groups excluding carboxylic acids is 1. The van der Waals surface area contributed by atoms with E-state index in [-0.39, 0.29) is 11.9 Å². The van der Waals surface area contributed by atoms with Crippen molar-refractivity contribution in [2.45, 2.75) is 39.7 Å². The zero-order valence-electron chi connectivity index (χ0n) is 12.0. The van der Waals surface area contributed by atoms with Gasteiger partial charge >= 0.3 is 0 Å². The summed E-state index contributed by atoms with van der Waals surface area (Å²) in [7, 11) is 0. The highest BCUT2D eigenvalue weighted by Gasteiger charge is 2.13. The lowest BCUT2D eigenvalue weighted by atomic mass is 10.0. The largest absolute Gasteiger partial charge is 0.346 e. The Labute approximate surface area is 118 Å². The SMILES string of the molecule is Cc1cc(C)cc(CCC(=O)N[C@@H](C)c2ncon2)c1. The van der Waals surface area contributed by atoms with Gasteiger partial charge < -0.3 is 9.84 Å². The van der Waals surface area contributed by atoms with Crippen LogP contribution < -0.4 is 5.32 Å². The second-order valence-corrected chi connectivity index (χ2v) is 5.07. The van der Waals surface area contributed by atoms with Gasteiger partial charge in [-0.1, -0.05) is 34.5 Å². The summed E-state index contributed by atoms with van der Waals surface area (Å²) in [5, 5.41) is 6.57. The van der Waals surface area contributed by atoms with E-state index in [1.807, 2.05) is 6.92 Å². The standard InChI is InChI=1S/C15H19N3O2/c1-10-6-11(2)8-13(7-10)4-5-14(19)17-12(3)15-16-9-20-18-15/h6-9,12H,4-5H2,1-3H3,(H,17,19)/t12-/m0/s1. The Kier molecular flexibility index (Phi) is 4.50. The molecule has 0 unspecified atom stereocenters. The summed E-state index contributed by atoms with van der Waals surface area (Å²) in [6.45, 7) is 5.96. The van der Waals surface area contributed by atoms with Gasteiger partial charge in [0.2, 0.25) is 12.3 Å². The van der Waals surface area contributed by atoms with E-state index in [0.717, 1.165) is 6.42 Å². The van der Waals surface area contributed by atoms with Gasteiger partial charge in [-0.25, -0.2) is 0 Å². The highest BCUT2D eigenvalue weighted by molar-refractivity contribution is 5.76. The lowest BCUT2D eigenvalue weighted by Crippen LogP contribution is -2.27. The molecule has 1 aromatic carbocycles. The molecule has 0 fully saturated rings.